The molecule has 160 valence electrons. The zero-order chi connectivity index (χ0) is 22.1. The van der Waals surface area contributed by atoms with Crippen molar-refractivity contribution in [1.82, 2.24) is 19.9 Å². The second-order valence-electron chi connectivity index (χ2n) is 7.62. The Morgan fingerprint density at radius 3 is 2.71 bits per heavy atom. The quantitative estimate of drug-likeness (QED) is 0.605. The normalized spacial score (nSPS) is 15.7. The summed E-state index contributed by atoms with van der Waals surface area (Å²) in [5, 5.41) is 0.0723. The molecule has 0 aromatic carbocycles. The monoisotopic (exact) mass is 438 g/mol. The average molecular weight is 439 g/mol. The van der Waals surface area contributed by atoms with Crippen LogP contribution in [0.4, 0.5) is 11.8 Å². The summed E-state index contributed by atoms with van der Waals surface area (Å²) in [6.45, 7) is 4.82. The van der Waals surface area contributed by atoms with Crippen molar-refractivity contribution >= 4 is 29.2 Å². The van der Waals surface area contributed by atoms with Crippen molar-refractivity contribution in [1.29, 1.82) is 0 Å². The summed E-state index contributed by atoms with van der Waals surface area (Å²) in [5.74, 6) is 0.868. The fourth-order valence-electron chi connectivity index (χ4n) is 4.03. The molecule has 0 fully saturated rings. The molecule has 0 aliphatic carbocycles. The molecule has 1 aliphatic heterocycles. The minimum Gasteiger partial charge on any atom is -0.496 e. The van der Waals surface area contributed by atoms with Gasteiger partial charge in [-0.1, -0.05) is 11.6 Å². The average Bonchev–Trinajstić information content (AvgIpc) is 2.74. The Hall–Kier alpha value is -3.26. The number of ether oxygens (including phenoxy) is 1. The van der Waals surface area contributed by atoms with Crippen LogP contribution in [0.2, 0.25) is 5.15 Å². The van der Waals surface area contributed by atoms with Gasteiger partial charge in [-0.2, -0.15) is 4.98 Å². The van der Waals surface area contributed by atoms with E-state index in [4.69, 9.17) is 22.1 Å². The standard InChI is InChI=1S/C22H23ClN6O2/c1-12-9-26-16(13(2)19(12)31-3)11-29-10-15(8-14-4-6-25-7-5-14)18(30)17-20(23)27-22(24)28-21(17)29/h4-7,9,15H,8,10-11H2,1-3H3,(H2,24,27,28). The third-order valence-electron chi connectivity index (χ3n) is 5.54. The van der Waals surface area contributed by atoms with Crippen LogP contribution in [-0.4, -0.2) is 39.4 Å². The summed E-state index contributed by atoms with van der Waals surface area (Å²) in [4.78, 5) is 32.3. The summed E-state index contributed by atoms with van der Waals surface area (Å²) >= 11 is 6.35. The van der Waals surface area contributed by atoms with Crippen LogP contribution < -0.4 is 15.4 Å². The third-order valence-corrected chi connectivity index (χ3v) is 5.82. The molecule has 0 bridgehead atoms. The van der Waals surface area contributed by atoms with E-state index in [-0.39, 0.29) is 22.8 Å². The molecule has 0 saturated carbocycles. The summed E-state index contributed by atoms with van der Waals surface area (Å²) < 4.78 is 5.55. The number of rotatable bonds is 5. The minimum atomic E-state index is -0.313. The number of fused-ring (bicyclic) bond motifs is 1. The molecule has 1 unspecified atom stereocenters. The first-order valence-corrected chi connectivity index (χ1v) is 10.3. The smallest absolute Gasteiger partial charge is 0.223 e. The number of hydrogen-bond acceptors (Lipinski definition) is 8. The lowest BCUT2D eigenvalue weighted by Crippen LogP contribution is -2.41. The van der Waals surface area contributed by atoms with Crippen LogP contribution in [0.1, 0.15) is 32.7 Å². The predicted molar refractivity (Wildman–Crippen MR) is 119 cm³/mol. The highest BCUT2D eigenvalue weighted by Crippen LogP contribution is 2.36. The number of methoxy groups -OCH3 is 1. The summed E-state index contributed by atoms with van der Waals surface area (Å²) in [6.07, 6.45) is 5.78. The SMILES string of the molecule is COc1c(C)cnc(CN2CC(Cc3ccncc3)C(=O)c3c(Cl)nc(N)nc32)c1C. The maximum atomic E-state index is 13.3. The van der Waals surface area contributed by atoms with Crippen LogP contribution in [0.5, 0.6) is 5.75 Å². The van der Waals surface area contributed by atoms with Gasteiger partial charge in [0.1, 0.15) is 16.7 Å². The Bertz CT molecular complexity index is 1140. The summed E-state index contributed by atoms with van der Waals surface area (Å²) in [7, 11) is 1.65. The summed E-state index contributed by atoms with van der Waals surface area (Å²) in [6, 6.07) is 3.82. The van der Waals surface area contributed by atoms with Gasteiger partial charge < -0.3 is 15.4 Å². The predicted octanol–water partition coefficient (Wildman–Crippen LogP) is 3.19. The number of halogens is 1. The first-order valence-electron chi connectivity index (χ1n) is 9.89. The van der Waals surface area contributed by atoms with E-state index in [9.17, 15) is 4.79 Å². The Morgan fingerprint density at radius 2 is 2.00 bits per heavy atom. The lowest BCUT2D eigenvalue weighted by Gasteiger charge is -2.34. The Kier molecular flexibility index (Phi) is 5.73. The zero-order valence-electron chi connectivity index (χ0n) is 17.6. The van der Waals surface area contributed by atoms with Crippen LogP contribution in [-0.2, 0) is 13.0 Å². The minimum absolute atomic E-state index is 0.0281. The number of anilines is 2. The molecule has 1 atom stereocenters. The number of nitrogens with two attached hydrogens (primary N) is 1. The number of ketones is 1. The third kappa shape index (κ3) is 4.03. The fraction of sp³-hybridized carbons (Fsp3) is 0.318. The number of nitrogen functional groups attached to an aromatic ring is 1. The Balaban J connectivity index is 1.74. The van der Waals surface area contributed by atoms with E-state index >= 15 is 0 Å². The van der Waals surface area contributed by atoms with Crippen molar-refractivity contribution in [2.45, 2.75) is 26.8 Å². The molecule has 0 saturated heterocycles. The number of hydrogen-bond donors (Lipinski definition) is 1. The topological polar surface area (TPSA) is 107 Å². The fourth-order valence-corrected chi connectivity index (χ4v) is 4.29. The molecule has 9 heteroatoms. The van der Waals surface area contributed by atoms with Gasteiger partial charge in [-0.25, -0.2) is 4.98 Å². The van der Waals surface area contributed by atoms with Gasteiger partial charge >= 0.3 is 0 Å². The van der Waals surface area contributed by atoms with Gasteiger partial charge in [-0.3, -0.25) is 14.8 Å². The van der Waals surface area contributed by atoms with Crippen molar-refractivity contribution in [3.05, 3.63) is 63.8 Å². The van der Waals surface area contributed by atoms with E-state index in [1.54, 1.807) is 25.7 Å². The van der Waals surface area contributed by atoms with Gasteiger partial charge in [0, 0.05) is 42.2 Å². The van der Waals surface area contributed by atoms with Gasteiger partial charge in [0.2, 0.25) is 5.95 Å². The highest BCUT2D eigenvalue weighted by Gasteiger charge is 2.36. The second kappa shape index (κ2) is 8.47. The first-order chi connectivity index (χ1) is 14.9. The number of aryl methyl sites for hydroxylation is 1. The molecule has 4 heterocycles. The second-order valence-corrected chi connectivity index (χ2v) is 7.98. The van der Waals surface area contributed by atoms with E-state index in [0.29, 0.717) is 30.9 Å². The van der Waals surface area contributed by atoms with Crippen LogP contribution >= 0.6 is 11.6 Å². The number of pyridine rings is 2. The molecule has 3 aromatic rings. The molecule has 31 heavy (non-hydrogen) atoms. The number of carbonyl (C=O) groups excluding carboxylic acids is 1. The highest BCUT2D eigenvalue weighted by molar-refractivity contribution is 6.34. The summed E-state index contributed by atoms with van der Waals surface area (Å²) in [5.41, 5.74) is 9.92. The van der Waals surface area contributed by atoms with Crippen molar-refractivity contribution in [3.8, 4) is 5.75 Å². The van der Waals surface area contributed by atoms with E-state index in [2.05, 4.69) is 19.9 Å². The highest BCUT2D eigenvalue weighted by atomic mass is 35.5. The van der Waals surface area contributed by atoms with E-state index in [1.807, 2.05) is 30.9 Å². The molecule has 0 radical (unpaired) electrons. The Morgan fingerprint density at radius 1 is 1.26 bits per heavy atom. The van der Waals surface area contributed by atoms with Crippen LogP contribution in [0.15, 0.2) is 30.7 Å². The van der Waals surface area contributed by atoms with Crippen molar-refractivity contribution in [3.63, 3.8) is 0 Å². The molecular formula is C22H23ClN6O2. The molecule has 1 aliphatic rings. The van der Waals surface area contributed by atoms with Gasteiger partial charge in [0.25, 0.3) is 0 Å². The van der Waals surface area contributed by atoms with E-state index in [1.165, 1.54) is 0 Å². The van der Waals surface area contributed by atoms with Gasteiger partial charge in [-0.15, -0.1) is 0 Å². The zero-order valence-corrected chi connectivity index (χ0v) is 18.3. The Labute approximate surface area is 185 Å². The first kappa shape index (κ1) is 21.0. The van der Waals surface area contributed by atoms with Crippen molar-refractivity contribution in [2.75, 3.05) is 24.3 Å². The van der Waals surface area contributed by atoms with E-state index in [0.717, 1.165) is 28.1 Å². The number of aromatic nitrogens is 4. The van der Waals surface area contributed by atoms with Crippen LogP contribution in [0.3, 0.4) is 0 Å². The van der Waals surface area contributed by atoms with Crippen LogP contribution in [0.25, 0.3) is 0 Å². The molecule has 3 aromatic heterocycles. The lowest BCUT2D eigenvalue weighted by atomic mass is 9.88. The molecule has 2 N–H and O–H groups in total. The lowest BCUT2D eigenvalue weighted by molar-refractivity contribution is 0.0913. The van der Waals surface area contributed by atoms with Crippen LogP contribution in [0, 0.1) is 19.8 Å². The maximum Gasteiger partial charge on any atom is 0.223 e. The van der Waals surface area contributed by atoms with E-state index < -0.39 is 0 Å². The molecular weight excluding hydrogens is 416 g/mol. The molecule has 0 spiro atoms. The molecule has 0 amide bonds. The molecule has 8 nitrogen and oxygen atoms in total. The van der Waals surface area contributed by atoms with Gasteiger partial charge in [0.15, 0.2) is 5.78 Å². The van der Waals surface area contributed by atoms with Crippen molar-refractivity contribution < 1.29 is 9.53 Å². The largest absolute Gasteiger partial charge is 0.496 e. The molecule has 4 rings (SSSR count). The number of Topliss-reactive ketones (excluding diaryl/α,β-unsaturated/α-hetero) is 1. The maximum absolute atomic E-state index is 13.3. The van der Waals surface area contributed by atoms with Gasteiger partial charge in [-0.05, 0) is 38.0 Å². The van der Waals surface area contributed by atoms with Gasteiger partial charge in [0.05, 0.1) is 24.9 Å². The number of carbonyl (C=O) groups is 1. The number of nitrogens with zero attached hydrogens (tertiary/aromatic N) is 5. The van der Waals surface area contributed by atoms with Crippen molar-refractivity contribution in [2.24, 2.45) is 5.92 Å².